The Balaban J connectivity index is 1.97. The predicted octanol–water partition coefficient (Wildman–Crippen LogP) is 1.14. The van der Waals surface area contributed by atoms with Gasteiger partial charge in [0.2, 0.25) is 5.91 Å². The molecule has 3 rings (SSSR count). The maximum atomic E-state index is 12.6. The topological polar surface area (TPSA) is 81.3 Å². The van der Waals surface area contributed by atoms with Crippen molar-refractivity contribution in [3.63, 3.8) is 0 Å². The van der Waals surface area contributed by atoms with Crippen molar-refractivity contribution < 1.29 is 9.59 Å². The van der Waals surface area contributed by atoms with Gasteiger partial charge in [-0.2, -0.15) is 5.10 Å². The van der Waals surface area contributed by atoms with E-state index in [9.17, 15) is 9.59 Å². The molecule has 0 unspecified atom stereocenters. The summed E-state index contributed by atoms with van der Waals surface area (Å²) in [6.45, 7) is 3.21. The summed E-state index contributed by atoms with van der Waals surface area (Å²) < 4.78 is 0. The van der Waals surface area contributed by atoms with Gasteiger partial charge in [-0.25, -0.2) is 0 Å². The molecule has 126 valence electrons. The monoisotopic (exact) mass is 327 g/mol. The molecule has 0 atom stereocenters. The lowest BCUT2D eigenvalue weighted by molar-refractivity contribution is -0.126. The van der Waals surface area contributed by atoms with Crippen LogP contribution in [-0.4, -0.2) is 59.0 Å². The smallest absolute Gasteiger partial charge is 0.251 e. The highest BCUT2D eigenvalue weighted by molar-refractivity contribution is 6.01. The number of hydrogen-bond donors (Lipinski definition) is 2. The van der Waals surface area contributed by atoms with Crippen LogP contribution in [0.4, 0.5) is 0 Å². The van der Waals surface area contributed by atoms with Crippen molar-refractivity contribution in [1.82, 2.24) is 25.3 Å². The largest absolute Gasteiger partial charge is 0.351 e. The molecular weight excluding hydrogens is 306 g/mol. The Morgan fingerprint density at radius 2 is 2.21 bits per heavy atom. The number of rotatable bonds is 4. The van der Waals surface area contributed by atoms with Crippen LogP contribution in [0.3, 0.4) is 0 Å². The third kappa shape index (κ3) is 3.03. The molecule has 0 saturated carbocycles. The number of H-pyrrole nitrogens is 1. The van der Waals surface area contributed by atoms with Gasteiger partial charge in [0.25, 0.3) is 5.91 Å². The van der Waals surface area contributed by atoms with Crippen molar-refractivity contribution >= 4 is 17.9 Å². The van der Waals surface area contributed by atoms with Gasteiger partial charge in [0.15, 0.2) is 0 Å². The third-order valence-corrected chi connectivity index (χ3v) is 4.11. The lowest BCUT2D eigenvalue weighted by Crippen LogP contribution is -2.32. The zero-order chi connectivity index (χ0) is 17.3. The third-order valence-electron chi connectivity index (χ3n) is 4.11. The second kappa shape index (κ2) is 6.45. The van der Waals surface area contributed by atoms with Crippen molar-refractivity contribution in [1.29, 1.82) is 0 Å². The van der Waals surface area contributed by atoms with E-state index in [0.29, 0.717) is 18.7 Å². The maximum Gasteiger partial charge on any atom is 0.251 e. The second-order valence-electron chi connectivity index (χ2n) is 6.16. The Bertz CT molecular complexity index is 778. The van der Waals surface area contributed by atoms with Gasteiger partial charge in [-0.15, -0.1) is 0 Å². The van der Waals surface area contributed by atoms with E-state index in [-0.39, 0.29) is 11.8 Å². The predicted molar refractivity (Wildman–Crippen MR) is 91.4 cm³/mol. The molecule has 3 aliphatic rings. The van der Waals surface area contributed by atoms with Crippen LogP contribution in [0.15, 0.2) is 18.5 Å². The summed E-state index contributed by atoms with van der Waals surface area (Å²) in [4.78, 5) is 28.0. The quantitative estimate of drug-likeness (QED) is 0.882. The molecule has 7 heteroatoms. The molecule has 0 aromatic heterocycles. The van der Waals surface area contributed by atoms with E-state index in [0.717, 1.165) is 28.9 Å². The van der Waals surface area contributed by atoms with Gasteiger partial charge in [-0.1, -0.05) is 0 Å². The average molecular weight is 327 g/mol. The van der Waals surface area contributed by atoms with Crippen LogP contribution >= 0.6 is 0 Å². The first-order chi connectivity index (χ1) is 11.5. The number of aromatic amines is 1. The molecule has 0 spiro atoms. The molecule has 2 heterocycles. The Morgan fingerprint density at radius 1 is 1.42 bits per heavy atom. The van der Waals surface area contributed by atoms with Crippen LogP contribution in [0.5, 0.6) is 0 Å². The summed E-state index contributed by atoms with van der Waals surface area (Å²) in [5, 5.41) is 10.1. The van der Waals surface area contributed by atoms with E-state index in [1.165, 1.54) is 6.92 Å². The van der Waals surface area contributed by atoms with Gasteiger partial charge in [0, 0.05) is 49.1 Å². The van der Waals surface area contributed by atoms with Gasteiger partial charge in [0.1, 0.15) is 0 Å². The van der Waals surface area contributed by atoms with Gasteiger partial charge in [0.05, 0.1) is 12.2 Å². The molecule has 0 bridgehead atoms. The summed E-state index contributed by atoms with van der Waals surface area (Å²) in [5.74, 6) is -0.198. The zero-order valence-corrected chi connectivity index (χ0v) is 14.1. The van der Waals surface area contributed by atoms with E-state index in [1.54, 1.807) is 23.4 Å². The van der Waals surface area contributed by atoms with Crippen molar-refractivity contribution in [2.45, 2.75) is 13.5 Å². The number of carbonyl (C=O) groups excluding carboxylic acids is 2. The van der Waals surface area contributed by atoms with E-state index in [4.69, 9.17) is 0 Å². The van der Waals surface area contributed by atoms with Gasteiger partial charge in [-0.3, -0.25) is 14.7 Å². The van der Waals surface area contributed by atoms with E-state index < -0.39 is 0 Å². The molecule has 7 nitrogen and oxygen atoms in total. The van der Waals surface area contributed by atoms with E-state index >= 15 is 0 Å². The van der Waals surface area contributed by atoms with Crippen molar-refractivity contribution in [3.8, 4) is 11.1 Å². The summed E-state index contributed by atoms with van der Waals surface area (Å²) in [6.07, 6.45) is 5.28. The number of amides is 2. The summed E-state index contributed by atoms with van der Waals surface area (Å²) in [7, 11) is 3.92. The first-order valence-electron chi connectivity index (χ1n) is 7.85. The number of nitrogens with zero attached hydrogens (tertiary/aromatic N) is 3. The van der Waals surface area contributed by atoms with E-state index in [1.807, 2.05) is 25.1 Å². The lowest BCUT2D eigenvalue weighted by atomic mass is 10.1. The van der Waals surface area contributed by atoms with Crippen molar-refractivity contribution in [3.05, 3.63) is 35.3 Å². The molecule has 0 radical (unpaired) electrons. The lowest BCUT2D eigenvalue weighted by Gasteiger charge is -2.16. The molecule has 0 saturated heterocycles. The molecule has 0 fully saturated rings. The molecular formula is C17H21N5O2. The number of aromatic nitrogens is 2. The van der Waals surface area contributed by atoms with Crippen LogP contribution < -0.4 is 5.32 Å². The first-order valence-corrected chi connectivity index (χ1v) is 7.85. The number of carbonyl (C=O) groups is 2. The molecule has 2 N–H and O–H groups in total. The Kier molecular flexibility index (Phi) is 4.35. The fourth-order valence-corrected chi connectivity index (χ4v) is 2.84. The number of likely N-dealkylation sites (N-methyl/N-ethyl adjacent to an activating group) is 1. The van der Waals surface area contributed by atoms with Crippen molar-refractivity contribution in [2.75, 3.05) is 27.2 Å². The van der Waals surface area contributed by atoms with Gasteiger partial charge in [-0.05, 0) is 31.8 Å². The van der Waals surface area contributed by atoms with Crippen LogP contribution in [-0.2, 0) is 11.3 Å². The Labute approximate surface area is 140 Å². The fourth-order valence-electron chi connectivity index (χ4n) is 2.84. The minimum atomic E-state index is -0.126. The van der Waals surface area contributed by atoms with E-state index in [2.05, 4.69) is 15.5 Å². The fraction of sp³-hybridized carbons (Fsp3) is 0.353. The molecule has 24 heavy (non-hydrogen) atoms. The van der Waals surface area contributed by atoms with Gasteiger partial charge >= 0.3 is 0 Å². The molecule has 2 amide bonds. The molecule has 1 aliphatic carbocycles. The molecule has 0 aromatic rings. The SMILES string of the molecule is CC(=O)N1C=Cc2n[nH]cc3cc(C(=O)NCCN(C)C)c(c2-3)C1. The number of nitrogens with one attached hydrogen (secondary N) is 2. The minimum Gasteiger partial charge on any atom is -0.351 e. The van der Waals surface area contributed by atoms with Crippen LogP contribution in [0.2, 0.25) is 0 Å². The first kappa shape index (κ1) is 16.2. The van der Waals surface area contributed by atoms with Crippen molar-refractivity contribution in [2.24, 2.45) is 0 Å². The summed E-state index contributed by atoms with van der Waals surface area (Å²) in [5.41, 5.74) is 4.01. The standard InChI is InChI=1S/C17H21N5O2/c1-11(23)22-6-4-15-16-12(9-19-20-15)8-13(14(16)10-22)17(24)18-5-7-21(2)3/h4,6,8-9,19H,5,7,10H2,1-3H3,(H,18,24). The van der Waals surface area contributed by atoms with Crippen LogP contribution in [0, 0.1) is 0 Å². The highest BCUT2D eigenvalue weighted by atomic mass is 16.2. The zero-order valence-electron chi connectivity index (χ0n) is 14.1. The average Bonchev–Trinajstić information content (AvgIpc) is 2.77. The minimum absolute atomic E-state index is 0.0728. The highest BCUT2D eigenvalue weighted by Crippen LogP contribution is 2.36. The molecule has 0 aromatic carbocycles. The Hall–Kier alpha value is -2.67. The maximum absolute atomic E-state index is 12.6. The second-order valence-corrected chi connectivity index (χ2v) is 6.16. The molecule has 2 aliphatic heterocycles. The highest BCUT2D eigenvalue weighted by Gasteiger charge is 2.27. The Morgan fingerprint density at radius 3 is 2.92 bits per heavy atom. The number of hydrogen-bond acceptors (Lipinski definition) is 4. The van der Waals surface area contributed by atoms with Gasteiger partial charge < -0.3 is 15.1 Å². The summed E-state index contributed by atoms with van der Waals surface area (Å²) >= 11 is 0. The summed E-state index contributed by atoms with van der Waals surface area (Å²) in [6, 6.07) is 1.86. The normalized spacial score (nSPS) is 13.4. The van der Waals surface area contributed by atoms with Crippen LogP contribution in [0.1, 0.15) is 28.5 Å². The van der Waals surface area contributed by atoms with Crippen LogP contribution in [0.25, 0.3) is 17.2 Å².